The lowest BCUT2D eigenvalue weighted by atomic mass is 10.4. The van der Waals surface area contributed by atoms with Gasteiger partial charge >= 0.3 is 0 Å². The standard InChI is InChI=1S/C8H10FNO2S/c1-3-12-10(2)8(11)6-4-5-7(9)13-6/h4-5H,3H2,1-2H3. The minimum Gasteiger partial charge on any atom is -0.271 e. The number of amides is 1. The van der Waals surface area contributed by atoms with Crippen molar-refractivity contribution in [2.45, 2.75) is 6.92 Å². The van der Waals surface area contributed by atoms with Crippen LogP contribution in [-0.2, 0) is 4.84 Å². The number of thiophene rings is 1. The SMILES string of the molecule is CCON(C)C(=O)c1ccc(F)s1. The predicted molar refractivity (Wildman–Crippen MR) is 48.0 cm³/mol. The van der Waals surface area contributed by atoms with E-state index in [0.717, 1.165) is 16.4 Å². The molecule has 1 aromatic rings. The summed E-state index contributed by atoms with van der Waals surface area (Å²) in [6, 6.07) is 2.70. The number of rotatable bonds is 3. The van der Waals surface area contributed by atoms with Gasteiger partial charge in [0.25, 0.3) is 5.91 Å². The molecule has 0 unspecified atom stereocenters. The van der Waals surface area contributed by atoms with Crippen molar-refractivity contribution >= 4 is 17.2 Å². The van der Waals surface area contributed by atoms with Crippen LogP contribution in [0.15, 0.2) is 12.1 Å². The Balaban J connectivity index is 2.67. The van der Waals surface area contributed by atoms with Crippen LogP contribution in [0.2, 0.25) is 0 Å². The molecule has 0 saturated heterocycles. The molecule has 0 aliphatic heterocycles. The Labute approximate surface area is 79.7 Å². The number of nitrogens with zero attached hydrogens (tertiary/aromatic N) is 1. The Kier molecular flexibility index (Phi) is 3.39. The minimum absolute atomic E-state index is 0.323. The van der Waals surface area contributed by atoms with Crippen molar-refractivity contribution in [1.29, 1.82) is 0 Å². The van der Waals surface area contributed by atoms with E-state index in [1.807, 2.05) is 0 Å². The van der Waals surface area contributed by atoms with Gasteiger partial charge in [-0.2, -0.15) is 4.39 Å². The van der Waals surface area contributed by atoms with E-state index >= 15 is 0 Å². The maximum Gasteiger partial charge on any atom is 0.287 e. The van der Waals surface area contributed by atoms with Crippen molar-refractivity contribution in [3.8, 4) is 0 Å². The van der Waals surface area contributed by atoms with Crippen molar-refractivity contribution < 1.29 is 14.0 Å². The van der Waals surface area contributed by atoms with Crippen LogP contribution >= 0.6 is 11.3 Å². The molecule has 0 atom stereocenters. The second-order valence-electron chi connectivity index (χ2n) is 2.32. The van der Waals surface area contributed by atoms with E-state index in [0.29, 0.717) is 11.5 Å². The molecule has 1 amide bonds. The van der Waals surface area contributed by atoms with Crippen LogP contribution in [-0.4, -0.2) is 24.6 Å². The molecule has 1 rings (SSSR count). The van der Waals surface area contributed by atoms with Crippen molar-refractivity contribution in [3.63, 3.8) is 0 Å². The van der Waals surface area contributed by atoms with Crippen LogP contribution in [0.5, 0.6) is 0 Å². The van der Waals surface area contributed by atoms with Crippen LogP contribution < -0.4 is 0 Å². The third kappa shape index (κ3) is 2.50. The van der Waals surface area contributed by atoms with Crippen molar-refractivity contribution in [3.05, 3.63) is 22.1 Å². The van der Waals surface area contributed by atoms with Gasteiger partial charge in [0.1, 0.15) is 0 Å². The zero-order valence-electron chi connectivity index (χ0n) is 7.41. The van der Waals surface area contributed by atoms with Crippen LogP contribution in [0.3, 0.4) is 0 Å². The van der Waals surface area contributed by atoms with Gasteiger partial charge in [-0.25, -0.2) is 5.06 Å². The molecule has 5 heteroatoms. The summed E-state index contributed by atoms with van der Waals surface area (Å²) >= 11 is 0.812. The van der Waals surface area contributed by atoms with Crippen LogP contribution in [0, 0.1) is 5.13 Å². The molecule has 3 nitrogen and oxygen atoms in total. The highest BCUT2D eigenvalue weighted by Crippen LogP contribution is 2.15. The third-order valence-corrected chi connectivity index (χ3v) is 2.25. The van der Waals surface area contributed by atoms with Gasteiger partial charge in [-0.05, 0) is 19.1 Å². The van der Waals surface area contributed by atoms with Gasteiger partial charge in [-0.1, -0.05) is 0 Å². The van der Waals surface area contributed by atoms with Crippen LogP contribution in [0.1, 0.15) is 16.6 Å². The van der Waals surface area contributed by atoms with Crippen molar-refractivity contribution in [2.75, 3.05) is 13.7 Å². The molecule has 0 spiro atoms. The number of carbonyl (C=O) groups is 1. The molecular formula is C8H10FNO2S. The highest BCUT2D eigenvalue weighted by Gasteiger charge is 2.14. The summed E-state index contributed by atoms with van der Waals surface area (Å²) < 4.78 is 12.5. The van der Waals surface area contributed by atoms with Gasteiger partial charge in [-0.15, -0.1) is 11.3 Å². The Morgan fingerprint density at radius 3 is 2.85 bits per heavy atom. The molecule has 1 heterocycles. The first kappa shape index (κ1) is 10.1. The lowest BCUT2D eigenvalue weighted by Gasteiger charge is -2.13. The topological polar surface area (TPSA) is 29.5 Å². The molecule has 0 fully saturated rings. The summed E-state index contributed by atoms with van der Waals surface area (Å²) in [6.07, 6.45) is 0. The fourth-order valence-electron chi connectivity index (χ4n) is 0.837. The molecule has 0 N–H and O–H groups in total. The number of carbonyl (C=O) groups excluding carboxylic acids is 1. The van der Waals surface area contributed by atoms with Crippen molar-refractivity contribution in [1.82, 2.24) is 5.06 Å². The molecule has 0 aromatic carbocycles. The smallest absolute Gasteiger partial charge is 0.271 e. The first-order chi connectivity index (χ1) is 6.15. The number of hydrogen-bond donors (Lipinski definition) is 0. The average molecular weight is 203 g/mol. The van der Waals surface area contributed by atoms with E-state index in [-0.39, 0.29) is 11.0 Å². The van der Waals surface area contributed by atoms with E-state index in [4.69, 9.17) is 4.84 Å². The number of hydrogen-bond acceptors (Lipinski definition) is 3. The fraction of sp³-hybridized carbons (Fsp3) is 0.375. The number of halogens is 1. The molecule has 72 valence electrons. The Morgan fingerprint density at radius 2 is 2.38 bits per heavy atom. The second kappa shape index (κ2) is 4.34. The van der Waals surface area contributed by atoms with E-state index in [1.165, 1.54) is 19.2 Å². The Bertz CT molecular complexity index is 300. The fourth-order valence-corrected chi connectivity index (χ4v) is 1.53. The van der Waals surface area contributed by atoms with E-state index in [1.54, 1.807) is 6.92 Å². The second-order valence-corrected chi connectivity index (χ2v) is 3.36. The summed E-state index contributed by atoms with van der Waals surface area (Å²) in [5.41, 5.74) is 0. The monoisotopic (exact) mass is 203 g/mol. The molecule has 0 radical (unpaired) electrons. The quantitative estimate of drug-likeness (QED) is 0.702. The normalized spacial score (nSPS) is 10.1. The first-order valence-electron chi connectivity index (χ1n) is 3.81. The highest BCUT2D eigenvalue weighted by molar-refractivity contribution is 7.12. The Morgan fingerprint density at radius 1 is 1.69 bits per heavy atom. The lowest BCUT2D eigenvalue weighted by Crippen LogP contribution is -2.26. The van der Waals surface area contributed by atoms with Gasteiger partial charge in [0.15, 0.2) is 5.13 Å². The third-order valence-electron chi connectivity index (χ3n) is 1.39. The predicted octanol–water partition coefficient (Wildman–Crippen LogP) is 1.91. The molecule has 13 heavy (non-hydrogen) atoms. The van der Waals surface area contributed by atoms with Gasteiger partial charge < -0.3 is 0 Å². The maximum atomic E-state index is 12.5. The molecular weight excluding hydrogens is 193 g/mol. The van der Waals surface area contributed by atoms with Crippen molar-refractivity contribution in [2.24, 2.45) is 0 Å². The van der Waals surface area contributed by atoms with Gasteiger partial charge in [-0.3, -0.25) is 9.63 Å². The maximum absolute atomic E-state index is 12.5. The number of hydroxylamine groups is 2. The van der Waals surface area contributed by atoms with Crippen LogP contribution in [0.25, 0.3) is 0 Å². The lowest BCUT2D eigenvalue weighted by molar-refractivity contribution is -0.0998. The molecule has 0 saturated carbocycles. The largest absolute Gasteiger partial charge is 0.287 e. The average Bonchev–Trinajstić information content (AvgIpc) is 2.51. The van der Waals surface area contributed by atoms with Crippen LogP contribution in [0.4, 0.5) is 4.39 Å². The molecule has 0 aliphatic carbocycles. The zero-order valence-corrected chi connectivity index (χ0v) is 8.23. The molecule has 0 bridgehead atoms. The molecule has 1 aromatic heterocycles. The Hall–Kier alpha value is -0.940. The summed E-state index contributed by atoms with van der Waals surface area (Å²) in [4.78, 5) is 16.7. The molecule has 0 aliphatic rings. The summed E-state index contributed by atoms with van der Waals surface area (Å²) in [5, 5.41) is 0.735. The summed E-state index contributed by atoms with van der Waals surface area (Å²) in [7, 11) is 1.50. The van der Waals surface area contributed by atoms with E-state index in [9.17, 15) is 9.18 Å². The summed E-state index contributed by atoms with van der Waals surface area (Å²) in [5.74, 6) is -0.323. The van der Waals surface area contributed by atoms with E-state index < -0.39 is 0 Å². The first-order valence-corrected chi connectivity index (χ1v) is 4.63. The summed E-state index contributed by atoms with van der Waals surface area (Å²) in [6.45, 7) is 2.19. The van der Waals surface area contributed by atoms with Gasteiger partial charge in [0.2, 0.25) is 0 Å². The van der Waals surface area contributed by atoms with Gasteiger partial charge in [0, 0.05) is 7.05 Å². The van der Waals surface area contributed by atoms with Gasteiger partial charge in [0.05, 0.1) is 11.5 Å². The minimum atomic E-state index is -0.367. The zero-order chi connectivity index (χ0) is 9.84. The van der Waals surface area contributed by atoms with E-state index in [2.05, 4.69) is 0 Å². The highest BCUT2D eigenvalue weighted by atomic mass is 32.1.